The Morgan fingerprint density at radius 3 is 2.65 bits per heavy atom. The van der Waals surface area contributed by atoms with Gasteiger partial charge in [0.2, 0.25) is 5.89 Å². The van der Waals surface area contributed by atoms with Crippen LogP contribution in [0.4, 0.5) is 0 Å². The average Bonchev–Trinajstić information content (AvgIpc) is 3.34. The minimum atomic E-state index is 0.181. The zero-order valence-electron chi connectivity index (χ0n) is 17.3. The van der Waals surface area contributed by atoms with Crippen LogP contribution in [0.5, 0.6) is 5.75 Å². The van der Waals surface area contributed by atoms with E-state index in [2.05, 4.69) is 25.6 Å². The maximum Gasteiger partial charge on any atom is 0.228 e. The predicted molar refractivity (Wildman–Crippen MR) is 123 cm³/mol. The van der Waals surface area contributed by atoms with Gasteiger partial charge in [0.1, 0.15) is 18.1 Å². The van der Waals surface area contributed by atoms with Gasteiger partial charge < -0.3 is 13.7 Å². The maximum atomic E-state index is 6.35. The van der Waals surface area contributed by atoms with Crippen LogP contribution in [0, 0.1) is 0 Å². The summed E-state index contributed by atoms with van der Waals surface area (Å²) in [4.78, 5) is 4.74. The largest absolute Gasteiger partial charge is 0.489 e. The maximum absolute atomic E-state index is 6.35. The van der Waals surface area contributed by atoms with Gasteiger partial charge in [-0.05, 0) is 43.2 Å². The molecule has 0 amide bonds. The summed E-state index contributed by atoms with van der Waals surface area (Å²) in [5, 5.41) is 6.29. The topological polar surface area (TPSA) is 61.3 Å². The van der Waals surface area contributed by atoms with Crippen molar-refractivity contribution in [3.05, 3.63) is 76.2 Å². The first-order valence-electron chi connectivity index (χ1n) is 10.0. The lowest BCUT2D eigenvalue weighted by molar-refractivity contribution is 0.362. The Labute approximate surface area is 190 Å². The van der Waals surface area contributed by atoms with Crippen LogP contribution in [0.15, 0.2) is 58.0 Å². The molecular formula is C24H22Cl2N2O3. The Kier molecular flexibility index (Phi) is 6.35. The fourth-order valence-corrected chi connectivity index (χ4v) is 3.89. The van der Waals surface area contributed by atoms with Crippen molar-refractivity contribution in [2.24, 2.45) is 0 Å². The average molecular weight is 457 g/mol. The van der Waals surface area contributed by atoms with Gasteiger partial charge in [-0.2, -0.15) is 0 Å². The normalized spacial score (nSPS) is 11.4. The van der Waals surface area contributed by atoms with Crippen molar-refractivity contribution in [1.82, 2.24) is 10.1 Å². The molecule has 0 aliphatic carbocycles. The van der Waals surface area contributed by atoms with Crippen molar-refractivity contribution >= 4 is 34.2 Å². The van der Waals surface area contributed by atoms with Crippen molar-refractivity contribution in [2.45, 2.75) is 32.6 Å². The molecule has 0 unspecified atom stereocenters. The van der Waals surface area contributed by atoms with Crippen molar-refractivity contribution in [1.29, 1.82) is 0 Å². The third-order valence-corrected chi connectivity index (χ3v) is 5.45. The molecule has 2 heterocycles. The SMILES string of the molecule is C=CCOc1ccc2c(CCc3nc(-c4ccc(Cl)cc4Cl)oc3C(C)C)noc2c1. The molecule has 31 heavy (non-hydrogen) atoms. The molecule has 4 rings (SSSR count). The van der Waals surface area contributed by atoms with Crippen molar-refractivity contribution < 1.29 is 13.7 Å². The van der Waals surface area contributed by atoms with E-state index in [-0.39, 0.29) is 5.92 Å². The van der Waals surface area contributed by atoms with Crippen LogP contribution in [0.3, 0.4) is 0 Å². The second kappa shape index (κ2) is 9.16. The quantitative estimate of drug-likeness (QED) is 0.261. The van der Waals surface area contributed by atoms with Crippen molar-refractivity contribution in [3.63, 3.8) is 0 Å². The van der Waals surface area contributed by atoms with Gasteiger partial charge in [-0.15, -0.1) is 0 Å². The van der Waals surface area contributed by atoms with Crippen molar-refractivity contribution in [3.8, 4) is 17.2 Å². The number of rotatable bonds is 8. The molecule has 0 atom stereocenters. The minimum Gasteiger partial charge on any atom is -0.489 e. The third kappa shape index (κ3) is 4.63. The molecule has 160 valence electrons. The van der Waals surface area contributed by atoms with Crippen LogP contribution in [-0.2, 0) is 12.8 Å². The van der Waals surface area contributed by atoms with E-state index < -0.39 is 0 Å². The number of hydrogen-bond donors (Lipinski definition) is 0. The first-order valence-corrected chi connectivity index (χ1v) is 10.8. The van der Waals surface area contributed by atoms with E-state index >= 15 is 0 Å². The molecule has 0 aliphatic heterocycles. The van der Waals surface area contributed by atoms with E-state index in [1.165, 1.54) is 0 Å². The zero-order chi connectivity index (χ0) is 22.0. The van der Waals surface area contributed by atoms with Gasteiger partial charge in [-0.3, -0.25) is 0 Å². The first-order chi connectivity index (χ1) is 15.0. The number of oxazole rings is 1. The summed E-state index contributed by atoms with van der Waals surface area (Å²) in [6, 6.07) is 11.0. The van der Waals surface area contributed by atoms with Gasteiger partial charge in [-0.25, -0.2) is 4.98 Å². The molecule has 0 bridgehead atoms. The van der Waals surface area contributed by atoms with E-state index in [0.29, 0.717) is 41.0 Å². The zero-order valence-corrected chi connectivity index (χ0v) is 18.8. The highest BCUT2D eigenvalue weighted by atomic mass is 35.5. The monoisotopic (exact) mass is 456 g/mol. The molecule has 0 saturated heterocycles. The molecule has 0 N–H and O–H groups in total. The number of aromatic nitrogens is 2. The number of nitrogens with zero attached hydrogens (tertiary/aromatic N) is 2. The number of benzene rings is 2. The fraction of sp³-hybridized carbons (Fsp3) is 0.250. The number of halogens is 2. The summed E-state index contributed by atoms with van der Waals surface area (Å²) in [7, 11) is 0. The van der Waals surface area contributed by atoms with Crippen LogP contribution < -0.4 is 4.74 Å². The molecule has 2 aromatic heterocycles. The lowest BCUT2D eigenvalue weighted by Crippen LogP contribution is -1.98. The van der Waals surface area contributed by atoms with Crippen LogP contribution in [-0.4, -0.2) is 16.7 Å². The lowest BCUT2D eigenvalue weighted by Gasteiger charge is -2.03. The molecule has 4 aromatic rings. The summed E-state index contributed by atoms with van der Waals surface area (Å²) < 4.78 is 17.2. The molecule has 0 aliphatic rings. The molecule has 0 spiro atoms. The number of fused-ring (bicyclic) bond motifs is 1. The van der Waals surface area contributed by atoms with Gasteiger partial charge in [0.15, 0.2) is 5.58 Å². The predicted octanol–water partition coefficient (Wildman–Crippen LogP) is 7.26. The first kappa shape index (κ1) is 21.5. The third-order valence-electron chi connectivity index (χ3n) is 4.90. The van der Waals surface area contributed by atoms with Crippen LogP contribution >= 0.6 is 23.2 Å². The highest BCUT2D eigenvalue weighted by Crippen LogP contribution is 2.34. The molecule has 0 fully saturated rings. The minimum absolute atomic E-state index is 0.181. The Morgan fingerprint density at radius 1 is 1.10 bits per heavy atom. The molecule has 5 nitrogen and oxygen atoms in total. The summed E-state index contributed by atoms with van der Waals surface area (Å²) in [6.07, 6.45) is 3.03. The second-order valence-corrected chi connectivity index (χ2v) is 8.34. The summed E-state index contributed by atoms with van der Waals surface area (Å²) >= 11 is 12.4. The molecule has 0 radical (unpaired) electrons. The van der Waals surface area contributed by atoms with E-state index in [1.54, 1.807) is 18.2 Å². The number of ether oxygens (including phenoxy) is 1. The van der Waals surface area contributed by atoms with Crippen LogP contribution in [0.1, 0.15) is 36.9 Å². The number of hydrogen-bond acceptors (Lipinski definition) is 5. The van der Waals surface area contributed by atoms with Crippen LogP contribution in [0.25, 0.3) is 22.4 Å². The Balaban J connectivity index is 1.58. The highest BCUT2D eigenvalue weighted by Gasteiger charge is 2.20. The second-order valence-electron chi connectivity index (χ2n) is 7.50. The summed E-state index contributed by atoms with van der Waals surface area (Å²) in [5.41, 5.74) is 3.17. The Bertz CT molecular complexity index is 1230. The molecular weight excluding hydrogens is 435 g/mol. The van der Waals surface area contributed by atoms with E-state index in [9.17, 15) is 0 Å². The van der Waals surface area contributed by atoms with Gasteiger partial charge >= 0.3 is 0 Å². The lowest BCUT2D eigenvalue weighted by atomic mass is 10.0. The van der Waals surface area contributed by atoms with E-state index in [4.69, 9.17) is 41.9 Å². The molecule has 7 heteroatoms. The summed E-state index contributed by atoms with van der Waals surface area (Å²) in [6.45, 7) is 8.25. The van der Waals surface area contributed by atoms with Gasteiger partial charge in [0.25, 0.3) is 0 Å². The Hall–Kier alpha value is -2.76. The molecule has 2 aromatic carbocycles. The number of aryl methyl sites for hydroxylation is 2. The fourth-order valence-electron chi connectivity index (χ4n) is 3.40. The molecule has 0 saturated carbocycles. The standard InChI is InChI=1S/C24H22Cl2N2O3/c1-4-11-29-16-6-8-18-20(28-31-22(18)13-16)9-10-21-23(14(2)3)30-24(27-21)17-7-5-15(25)12-19(17)26/h4-8,12-14H,1,9-11H2,2-3H3. The summed E-state index contributed by atoms with van der Waals surface area (Å²) in [5.74, 6) is 2.24. The van der Waals surface area contributed by atoms with Crippen molar-refractivity contribution in [2.75, 3.05) is 6.61 Å². The van der Waals surface area contributed by atoms with Crippen LogP contribution in [0.2, 0.25) is 10.0 Å². The van der Waals surface area contributed by atoms with Gasteiger partial charge in [0, 0.05) is 22.4 Å². The van der Waals surface area contributed by atoms with E-state index in [1.807, 2.05) is 24.3 Å². The van der Waals surface area contributed by atoms with Gasteiger partial charge in [0.05, 0.1) is 22.0 Å². The van der Waals surface area contributed by atoms with E-state index in [0.717, 1.165) is 33.8 Å². The van der Waals surface area contributed by atoms with Gasteiger partial charge in [-0.1, -0.05) is 54.9 Å². The Morgan fingerprint density at radius 2 is 1.90 bits per heavy atom. The smallest absolute Gasteiger partial charge is 0.228 e. The highest BCUT2D eigenvalue weighted by molar-refractivity contribution is 6.36.